The number of hydrogen-bond acceptors (Lipinski definition) is 4. The summed E-state index contributed by atoms with van der Waals surface area (Å²) in [4.78, 5) is 0.0574. The van der Waals surface area contributed by atoms with Gasteiger partial charge in [-0.2, -0.15) is 0 Å². The van der Waals surface area contributed by atoms with Gasteiger partial charge in [0.2, 0.25) is 10.0 Å². The Kier molecular flexibility index (Phi) is 4.69. The number of aliphatic hydroxyl groups is 2. The first-order valence-electron chi connectivity index (χ1n) is 4.50. The highest BCUT2D eigenvalue weighted by molar-refractivity contribution is 7.89. The highest BCUT2D eigenvalue weighted by atomic mass is 35.5. The van der Waals surface area contributed by atoms with Gasteiger partial charge in [-0.1, -0.05) is 11.6 Å². The van der Waals surface area contributed by atoms with Crippen molar-refractivity contribution in [1.82, 2.24) is 4.72 Å². The van der Waals surface area contributed by atoms with Crippen LogP contribution in [-0.2, 0) is 10.0 Å². The summed E-state index contributed by atoms with van der Waals surface area (Å²) in [5.41, 5.74) is 0. The van der Waals surface area contributed by atoms with Gasteiger partial charge >= 0.3 is 0 Å². The summed E-state index contributed by atoms with van der Waals surface area (Å²) in [5.74, 6) is 0. The minimum Gasteiger partial charge on any atom is -0.394 e. The fourth-order valence-corrected chi connectivity index (χ4v) is 2.17. The van der Waals surface area contributed by atoms with Gasteiger partial charge in [0, 0.05) is 11.6 Å². The lowest BCUT2D eigenvalue weighted by Gasteiger charge is -2.09. The normalized spacial score (nSPS) is 13.7. The first kappa shape index (κ1) is 13.4. The lowest BCUT2D eigenvalue weighted by molar-refractivity contribution is 0.0988. The molecule has 1 aromatic carbocycles. The van der Waals surface area contributed by atoms with Gasteiger partial charge in [0.1, 0.15) is 0 Å². The molecule has 0 amide bonds. The van der Waals surface area contributed by atoms with Gasteiger partial charge in [-0.05, 0) is 24.3 Å². The summed E-state index contributed by atoms with van der Waals surface area (Å²) < 4.78 is 25.4. The Labute approximate surface area is 98.7 Å². The summed E-state index contributed by atoms with van der Waals surface area (Å²) in [7, 11) is -3.66. The van der Waals surface area contributed by atoms with Crippen LogP contribution in [0.25, 0.3) is 0 Å². The summed E-state index contributed by atoms with van der Waals surface area (Å²) >= 11 is 5.62. The molecule has 16 heavy (non-hydrogen) atoms. The van der Waals surface area contributed by atoms with Gasteiger partial charge < -0.3 is 10.2 Å². The molecule has 0 bridgehead atoms. The van der Waals surface area contributed by atoms with Gasteiger partial charge in [0.05, 0.1) is 17.6 Å². The molecule has 0 radical (unpaired) electrons. The molecule has 0 saturated carbocycles. The molecule has 1 rings (SSSR count). The summed E-state index contributed by atoms with van der Waals surface area (Å²) in [6, 6.07) is 5.63. The number of halogens is 1. The van der Waals surface area contributed by atoms with E-state index in [4.69, 9.17) is 21.8 Å². The van der Waals surface area contributed by atoms with Crippen LogP contribution in [-0.4, -0.2) is 37.9 Å². The zero-order valence-electron chi connectivity index (χ0n) is 8.30. The highest BCUT2D eigenvalue weighted by Crippen LogP contribution is 2.13. The standard InChI is InChI=1S/C9H12ClNO4S/c10-7-1-3-9(4-2-7)16(14,15)11-5-8(13)6-12/h1-4,8,11-13H,5-6H2. The number of sulfonamides is 1. The molecule has 0 aliphatic rings. The predicted molar refractivity (Wildman–Crippen MR) is 59.7 cm³/mol. The number of hydrogen-bond donors (Lipinski definition) is 3. The molecule has 0 aliphatic carbocycles. The SMILES string of the molecule is O=S(=O)(NCC(O)CO)c1ccc(Cl)cc1. The molecule has 90 valence electrons. The number of aliphatic hydroxyl groups excluding tert-OH is 2. The van der Waals surface area contributed by atoms with Crippen LogP contribution in [0.5, 0.6) is 0 Å². The first-order chi connectivity index (χ1) is 7.45. The van der Waals surface area contributed by atoms with Crippen LogP contribution in [0.1, 0.15) is 0 Å². The van der Waals surface area contributed by atoms with E-state index in [0.29, 0.717) is 5.02 Å². The van der Waals surface area contributed by atoms with Crippen LogP contribution >= 0.6 is 11.6 Å². The van der Waals surface area contributed by atoms with Crippen LogP contribution in [0.3, 0.4) is 0 Å². The van der Waals surface area contributed by atoms with Crippen molar-refractivity contribution in [1.29, 1.82) is 0 Å². The Balaban J connectivity index is 2.74. The third kappa shape index (κ3) is 3.73. The van der Waals surface area contributed by atoms with Crippen molar-refractivity contribution in [3.05, 3.63) is 29.3 Å². The van der Waals surface area contributed by atoms with Crippen molar-refractivity contribution in [2.75, 3.05) is 13.2 Å². The van der Waals surface area contributed by atoms with E-state index in [1.165, 1.54) is 24.3 Å². The quantitative estimate of drug-likeness (QED) is 0.698. The lowest BCUT2D eigenvalue weighted by atomic mass is 10.4. The largest absolute Gasteiger partial charge is 0.394 e. The molecule has 1 atom stereocenters. The van der Waals surface area contributed by atoms with Crippen molar-refractivity contribution >= 4 is 21.6 Å². The lowest BCUT2D eigenvalue weighted by Crippen LogP contribution is -2.33. The molecule has 1 unspecified atom stereocenters. The highest BCUT2D eigenvalue weighted by Gasteiger charge is 2.14. The number of rotatable bonds is 5. The third-order valence-electron chi connectivity index (χ3n) is 1.84. The van der Waals surface area contributed by atoms with Crippen molar-refractivity contribution < 1.29 is 18.6 Å². The summed E-state index contributed by atoms with van der Waals surface area (Å²) in [6.07, 6.45) is -1.11. The fourth-order valence-electron chi connectivity index (χ4n) is 0.968. The minimum atomic E-state index is -3.66. The van der Waals surface area contributed by atoms with E-state index in [-0.39, 0.29) is 11.4 Å². The maximum atomic E-state index is 11.6. The van der Waals surface area contributed by atoms with Gasteiger partial charge in [-0.15, -0.1) is 0 Å². The predicted octanol–water partition coefficient (Wildman–Crippen LogP) is -0.0285. The Morgan fingerprint density at radius 2 is 1.88 bits per heavy atom. The Morgan fingerprint density at radius 1 is 1.31 bits per heavy atom. The minimum absolute atomic E-state index is 0.0574. The van der Waals surface area contributed by atoms with Crippen LogP contribution < -0.4 is 4.72 Å². The molecular formula is C9H12ClNO4S. The number of benzene rings is 1. The average molecular weight is 266 g/mol. The van der Waals surface area contributed by atoms with Gasteiger partial charge in [0.25, 0.3) is 0 Å². The van der Waals surface area contributed by atoms with E-state index >= 15 is 0 Å². The van der Waals surface area contributed by atoms with E-state index in [0.717, 1.165) is 0 Å². The molecule has 0 saturated heterocycles. The van der Waals surface area contributed by atoms with Crippen molar-refractivity contribution in [2.24, 2.45) is 0 Å². The molecular weight excluding hydrogens is 254 g/mol. The summed E-state index contributed by atoms with van der Waals surface area (Å²) in [6.45, 7) is -0.732. The zero-order chi connectivity index (χ0) is 12.2. The second-order valence-electron chi connectivity index (χ2n) is 3.14. The van der Waals surface area contributed by atoms with E-state index in [2.05, 4.69) is 4.72 Å². The maximum Gasteiger partial charge on any atom is 0.240 e. The second kappa shape index (κ2) is 5.60. The van der Waals surface area contributed by atoms with Crippen molar-refractivity contribution in [3.8, 4) is 0 Å². The molecule has 0 heterocycles. The van der Waals surface area contributed by atoms with E-state index in [1.807, 2.05) is 0 Å². The van der Waals surface area contributed by atoms with Gasteiger partial charge in [-0.3, -0.25) is 0 Å². The van der Waals surface area contributed by atoms with Crippen molar-refractivity contribution in [2.45, 2.75) is 11.0 Å². The first-order valence-corrected chi connectivity index (χ1v) is 6.36. The van der Waals surface area contributed by atoms with Crippen LogP contribution in [0.2, 0.25) is 5.02 Å². The van der Waals surface area contributed by atoms with Gasteiger partial charge in [-0.25, -0.2) is 13.1 Å². The third-order valence-corrected chi connectivity index (χ3v) is 3.54. The van der Waals surface area contributed by atoms with E-state index in [9.17, 15) is 8.42 Å². The van der Waals surface area contributed by atoms with E-state index < -0.39 is 22.7 Å². The molecule has 1 aromatic rings. The monoisotopic (exact) mass is 265 g/mol. The van der Waals surface area contributed by atoms with Crippen molar-refractivity contribution in [3.63, 3.8) is 0 Å². The molecule has 3 N–H and O–H groups in total. The van der Waals surface area contributed by atoms with Crippen LogP contribution in [0.15, 0.2) is 29.2 Å². The van der Waals surface area contributed by atoms with Gasteiger partial charge in [0.15, 0.2) is 0 Å². The second-order valence-corrected chi connectivity index (χ2v) is 5.35. The molecule has 7 heteroatoms. The fraction of sp³-hybridized carbons (Fsp3) is 0.333. The topological polar surface area (TPSA) is 86.6 Å². The van der Waals surface area contributed by atoms with E-state index in [1.54, 1.807) is 0 Å². The Hall–Kier alpha value is -0.660. The van der Waals surface area contributed by atoms with Crippen LogP contribution in [0.4, 0.5) is 0 Å². The molecule has 0 spiro atoms. The zero-order valence-corrected chi connectivity index (χ0v) is 9.87. The Morgan fingerprint density at radius 3 is 2.38 bits per heavy atom. The molecule has 5 nitrogen and oxygen atoms in total. The maximum absolute atomic E-state index is 11.6. The average Bonchev–Trinajstić information content (AvgIpc) is 2.26. The summed E-state index contributed by atoms with van der Waals surface area (Å²) in [5, 5.41) is 18.0. The molecule has 0 fully saturated rings. The number of nitrogens with one attached hydrogen (secondary N) is 1. The molecule has 0 aromatic heterocycles. The smallest absolute Gasteiger partial charge is 0.240 e. The Bertz CT molecular complexity index is 431. The molecule has 0 aliphatic heterocycles. The van der Waals surface area contributed by atoms with Crippen LogP contribution in [0, 0.1) is 0 Å².